The number of rotatable bonds is 5. The predicted molar refractivity (Wildman–Crippen MR) is 64.9 cm³/mol. The minimum atomic E-state index is -0.714. The molecule has 1 aliphatic rings. The van der Waals surface area contributed by atoms with Gasteiger partial charge in [-0.25, -0.2) is 0 Å². The molecule has 1 aromatic rings. The van der Waals surface area contributed by atoms with Crippen LogP contribution in [0.2, 0.25) is 0 Å². The maximum atomic E-state index is 10.1. The Bertz CT molecular complexity index is 355. The summed E-state index contributed by atoms with van der Waals surface area (Å²) in [4.78, 5) is 0. The number of aryl methyl sites for hydroxylation is 1. The first kappa shape index (κ1) is 12.6. The second-order valence-electron chi connectivity index (χ2n) is 4.79. The molecule has 1 saturated heterocycles. The van der Waals surface area contributed by atoms with Crippen molar-refractivity contribution in [2.75, 3.05) is 19.8 Å². The zero-order valence-electron chi connectivity index (χ0n) is 10.5. The van der Waals surface area contributed by atoms with Crippen molar-refractivity contribution in [2.24, 2.45) is 0 Å². The summed E-state index contributed by atoms with van der Waals surface area (Å²) in [6.45, 7) is 5.71. The van der Waals surface area contributed by atoms with Gasteiger partial charge in [0, 0.05) is 26.0 Å². The van der Waals surface area contributed by atoms with E-state index in [1.165, 1.54) is 0 Å². The number of furan rings is 1. The summed E-state index contributed by atoms with van der Waals surface area (Å²) in [5.41, 5.74) is -0.714. The van der Waals surface area contributed by atoms with Crippen LogP contribution >= 0.6 is 0 Å². The molecule has 2 rings (SSSR count). The van der Waals surface area contributed by atoms with Crippen LogP contribution in [0.5, 0.6) is 0 Å². The summed E-state index contributed by atoms with van der Waals surface area (Å²) in [6, 6.07) is 4.10. The van der Waals surface area contributed by atoms with Crippen molar-refractivity contribution in [3.05, 3.63) is 23.7 Å². The molecular weight excluding hydrogens is 218 g/mol. The molecule has 0 aromatic carbocycles. The summed E-state index contributed by atoms with van der Waals surface area (Å²) >= 11 is 0. The lowest BCUT2D eigenvalue weighted by atomic mass is 10.0. The molecule has 0 unspecified atom stereocenters. The molecule has 1 fully saturated rings. The van der Waals surface area contributed by atoms with Crippen molar-refractivity contribution < 1.29 is 14.3 Å². The van der Waals surface area contributed by atoms with Gasteiger partial charge in [-0.05, 0) is 19.1 Å². The first-order valence-electron chi connectivity index (χ1n) is 6.25. The SMILES string of the molecule is CCc1ccc([C@@H](C)NC[C@]2(O)CCOC2)o1. The first-order chi connectivity index (χ1) is 8.13. The summed E-state index contributed by atoms with van der Waals surface area (Å²) in [5.74, 6) is 1.92. The van der Waals surface area contributed by atoms with Crippen molar-refractivity contribution in [3.8, 4) is 0 Å². The lowest BCUT2D eigenvalue weighted by molar-refractivity contribution is 0.0247. The Kier molecular flexibility index (Phi) is 3.86. The van der Waals surface area contributed by atoms with Gasteiger partial charge in [0.1, 0.15) is 17.1 Å². The average Bonchev–Trinajstić information content (AvgIpc) is 2.95. The van der Waals surface area contributed by atoms with E-state index >= 15 is 0 Å². The lowest BCUT2D eigenvalue weighted by Gasteiger charge is -2.23. The van der Waals surface area contributed by atoms with Gasteiger partial charge < -0.3 is 19.6 Å². The van der Waals surface area contributed by atoms with Crippen molar-refractivity contribution in [3.63, 3.8) is 0 Å². The van der Waals surface area contributed by atoms with Crippen molar-refractivity contribution in [1.29, 1.82) is 0 Å². The third-order valence-corrected chi connectivity index (χ3v) is 3.28. The Morgan fingerprint density at radius 3 is 2.94 bits per heavy atom. The number of hydrogen-bond acceptors (Lipinski definition) is 4. The summed E-state index contributed by atoms with van der Waals surface area (Å²) in [6.07, 6.45) is 1.61. The van der Waals surface area contributed by atoms with Crippen LogP contribution in [0.25, 0.3) is 0 Å². The molecule has 0 bridgehead atoms. The van der Waals surface area contributed by atoms with Crippen LogP contribution in [0.3, 0.4) is 0 Å². The average molecular weight is 239 g/mol. The smallest absolute Gasteiger partial charge is 0.120 e. The van der Waals surface area contributed by atoms with Crippen LogP contribution in [0.1, 0.15) is 37.8 Å². The van der Waals surface area contributed by atoms with Gasteiger partial charge in [0.15, 0.2) is 0 Å². The molecule has 0 spiro atoms. The predicted octanol–water partition coefficient (Wildman–Crippen LogP) is 1.64. The Morgan fingerprint density at radius 2 is 2.35 bits per heavy atom. The van der Waals surface area contributed by atoms with Crippen LogP contribution < -0.4 is 5.32 Å². The van der Waals surface area contributed by atoms with Gasteiger partial charge in [0.25, 0.3) is 0 Å². The van der Waals surface area contributed by atoms with Crippen LogP contribution in [-0.2, 0) is 11.2 Å². The van der Waals surface area contributed by atoms with Gasteiger partial charge in [-0.1, -0.05) is 6.92 Å². The fraction of sp³-hybridized carbons (Fsp3) is 0.692. The van der Waals surface area contributed by atoms with Crippen molar-refractivity contribution in [1.82, 2.24) is 5.32 Å². The topological polar surface area (TPSA) is 54.6 Å². The van der Waals surface area contributed by atoms with E-state index in [0.29, 0.717) is 26.2 Å². The highest BCUT2D eigenvalue weighted by molar-refractivity contribution is 5.10. The molecule has 1 aromatic heterocycles. The Balaban J connectivity index is 1.86. The largest absolute Gasteiger partial charge is 0.464 e. The monoisotopic (exact) mass is 239 g/mol. The molecule has 0 saturated carbocycles. The minimum Gasteiger partial charge on any atom is -0.464 e. The molecule has 0 radical (unpaired) electrons. The van der Waals surface area contributed by atoms with Crippen LogP contribution in [0, 0.1) is 0 Å². The van der Waals surface area contributed by atoms with Gasteiger partial charge in [0.2, 0.25) is 0 Å². The van der Waals surface area contributed by atoms with E-state index in [1.54, 1.807) is 0 Å². The fourth-order valence-electron chi connectivity index (χ4n) is 2.00. The van der Waals surface area contributed by atoms with E-state index in [1.807, 2.05) is 19.1 Å². The highest BCUT2D eigenvalue weighted by Crippen LogP contribution is 2.20. The number of nitrogens with one attached hydrogen (secondary N) is 1. The molecule has 17 heavy (non-hydrogen) atoms. The third kappa shape index (κ3) is 3.09. The standard InChI is InChI=1S/C13H21NO3/c1-3-11-4-5-12(17-11)10(2)14-8-13(15)6-7-16-9-13/h4-5,10,14-15H,3,6-9H2,1-2H3/t10-,13-/m1/s1. The van der Waals surface area contributed by atoms with E-state index in [2.05, 4.69) is 12.2 Å². The van der Waals surface area contributed by atoms with Crippen LogP contribution in [0.15, 0.2) is 16.5 Å². The van der Waals surface area contributed by atoms with Gasteiger partial charge in [-0.2, -0.15) is 0 Å². The van der Waals surface area contributed by atoms with Crippen LogP contribution in [-0.4, -0.2) is 30.5 Å². The number of aliphatic hydroxyl groups is 1. The molecular formula is C13H21NO3. The zero-order valence-corrected chi connectivity index (χ0v) is 10.5. The number of hydrogen-bond donors (Lipinski definition) is 2. The van der Waals surface area contributed by atoms with Crippen molar-refractivity contribution in [2.45, 2.75) is 38.3 Å². The van der Waals surface area contributed by atoms with E-state index in [0.717, 1.165) is 17.9 Å². The second kappa shape index (κ2) is 5.21. The van der Waals surface area contributed by atoms with Crippen LogP contribution in [0.4, 0.5) is 0 Å². The highest BCUT2D eigenvalue weighted by Gasteiger charge is 2.32. The van der Waals surface area contributed by atoms with Crippen molar-refractivity contribution >= 4 is 0 Å². The molecule has 2 atom stereocenters. The van der Waals surface area contributed by atoms with Gasteiger partial charge in [-0.15, -0.1) is 0 Å². The maximum absolute atomic E-state index is 10.1. The maximum Gasteiger partial charge on any atom is 0.120 e. The lowest BCUT2D eigenvalue weighted by Crippen LogP contribution is -2.41. The Morgan fingerprint density at radius 1 is 1.53 bits per heavy atom. The molecule has 0 aliphatic carbocycles. The molecule has 96 valence electrons. The van der Waals surface area contributed by atoms with E-state index in [-0.39, 0.29) is 6.04 Å². The van der Waals surface area contributed by atoms with Gasteiger partial charge in [0.05, 0.1) is 12.6 Å². The van der Waals surface area contributed by atoms with Gasteiger partial charge in [-0.3, -0.25) is 0 Å². The third-order valence-electron chi connectivity index (χ3n) is 3.28. The molecule has 4 heteroatoms. The quantitative estimate of drug-likeness (QED) is 0.820. The normalized spacial score (nSPS) is 26.3. The highest BCUT2D eigenvalue weighted by atomic mass is 16.5. The van der Waals surface area contributed by atoms with E-state index in [4.69, 9.17) is 9.15 Å². The number of ether oxygens (including phenoxy) is 1. The van der Waals surface area contributed by atoms with E-state index in [9.17, 15) is 5.11 Å². The fourth-order valence-corrected chi connectivity index (χ4v) is 2.00. The van der Waals surface area contributed by atoms with E-state index < -0.39 is 5.60 Å². The first-order valence-corrected chi connectivity index (χ1v) is 6.25. The Hall–Kier alpha value is -0.840. The molecule has 2 heterocycles. The zero-order chi connectivity index (χ0) is 12.3. The Labute approximate surface area is 102 Å². The molecule has 2 N–H and O–H groups in total. The summed E-state index contributed by atoms with van der Waals surface area (Å²) in [5, 5.41) is 13.4. The molecule has 4 nitrogen and oxygen atoms in total. The van der Waals surface area contributed by atoms with Gasteiger partial charge >= 0.3 is 0 Å². The minimum absolute atomic E-state index is 0.111. The molecule has 0 amide bonds. The summed E-state index contributed by atoms with van der Waals surface area (Å²) in [7, 11) is 0. The summed E-state index contributed by atoms with van der Waals surface area (Å²) < 4.78 is 10.9. The molecule has 1 aliphatic heterocycles. The second-order valence-corrected chi connectivity index (χ2v) is 4.79.